The van der Waals surface area contributed by atoms with Crippen LogP contribution >= 0.6 is 0 Å². The Morgan fingerprint density at radius 2 is 2.19 bits per heavy atom. The van der Waals surface area contributed by atoms with Crippen LogP contribution in [0.4, 0.5) is 5.82 Å². The number of rotatable bonds is 4. The van der Waals surface area contributed by atoms with Crippen LogP contribution < -0.4 is 15.0 Å². The molecule has 0 saturated carbocycles. The third-order valence-electron chi connectivity index (χ3n) is 5.49. The van der Waals surface area contributed by atoms with Gasteiger partial charge in [0.05, 0.1) is 13.7 Å². The lowest BCUT2D eigenvalue weighted by atomic mass is 9.97. The largest absolute Gasteiger partial charge is 0.497 e. The molecule has 1 unspecified atom stereocenters. The summed E-state index contributed by atoms with van der Waals surface area (Å²) in [6, 6.07) is 7.86. The number of aryl methyl sites for hydroxylation is 1. The van der Waals surface area contributed by atoms with Crippen molar-refractivity contribution in [3.63, 3.8) is 0 Å². The highest BCUT2D eigenvalue weighted by atomic mass is 16.5. The molecule has 1 saturated heterocycles. The number of fused-ring (bicyclic) bond motifs is 1. The van der Waals surface area contributed by atoms with Gasteiger partial charge in [0.1, 0.15) is 17.4 Å². The zero-order valence-corrected chi connectivity index (χ0v) is 16.0. The van der Waals surface area contributed by atoms with E-state index in [1.54, 1.807) is 7.11 Å². The molecule has 1 aromatic heterocycles. The molecule has 3 heterocycles. The molecule has 1 fully saturated rings. The van der Waals surface area contributed by atoms with Crippen LogP contribution in [-0.2, 0) is 17.8 Å². The van der Waals surface area contributed by atoms with Crippen LogP contribution in [0.1, 0.15) is 47.8 Å². The summed E-state index contributed by atoms with van der Waals surface area (Å²) >= 11 is 0. The average Bonchev–Trinajstić information content (AvgIpc) is 2.71. The SMILES string of the molecule is COc1cccc(CN2C(=O)CCc3c(C)nc(C4CCCNC4)nc32)c1. The molecule has 2 aliphatic rings. The fraction of sp³-hybridized carbons (Fsp3) is 0.476. The monoisotopic (exact) mass is 366 g/mol. The fourth-order valence-electron chi connectivity index (χ4n) is 3.97. The maximum Gasteiger partial charge on any atom is 0.228 e. The van der Waals surface area contributed by atoms with Gasteiger partial charge in [-0.2, -0.15) is 0 Å². The first-order valence-corrected chi connectivity index (χ1v) is 9.67. The van der Waals surface area contributed by atoms with Crippen LogP contribution in [0.5, 0.6) is 5.75 Å². The highest BCUT2D eigenvalue weighted by Crippen LogP contribution is 2.32. The van der Waals surface area contributed by atoms with E-state index in [1.165, 1.54) is 0 Å². The molecule has 0 spiro atoms. The van der Waals surface area contributed by atoms with E-state index < -0.39 is 0 Å². The number of anilines is 1. The van der Waals surface area contributed by atoms with Crippen LogP contribution in [-0.4, -0.2) is 36.1 Å². The molecule has 6 heteroatoms. The number of carbonyl (C=O) groups excluding carboxylic acids is 1. The van der Waals surface area contributed by atoms with Gasteiger partial charge in [0.25, 0.3) is 0 Å². The third kappa shape index (κ3) is 3.67. The number of nitrogens with one attached hydrogen (secondary N) is 1. The van der Waals surface area contributed by atoms with Crippen LogP contribution in [0.2, 0.25) is 0 Å². The van der Waals surface area contributed by atoms with Crippen molar-refractivity contribution in [2.24, 2.45) is 0 Å². The van der Waals surface area contributed by atoms with Gasteiger partial charge in [0.2, 0.25) is 5.91 Å². The van der Waals surface area contributed by atoms with Gasteiger partial charge in [-0.05, 0) is 50.4 Å². The minimum atomic E-state index is 0.121. The van der Waals surface area contributed by atoms with Crippen LogP contribution in [0.3, 0.4) is 0 Å². The first kappa shape index (κ1) is 17.9. The lowest BCUT2D eigenvalue weighted by Gasteiger charge is -2.31. The lowest BCUT2D eigenvalue weighted by Crippen LogP contribution is -2.37. The number of hydrogen-bond donors (Lipinski definition) is 1. The van der Waals surface area contributed by atoms with Crippen LogP contribution in [0, 0.1) is 6.92 Å². The van der Waals surface area contributed by atoms with Gasteiger partial charge in [0.15, 0.2) is 0 Å². The first-order chi connectivity index (χ1) is 13.2. The van der Waals surface area contributed by atoms with E-state index >= 15 is 0 Å². The maximum absolute atomic E-state index is 12.7. The number of benzene rings is 1. The second-order valence-corrected chi connectivity index (χ2v) is 7.34. The molecule has 2 aromatic rings. The smallest absolute Gasteiger partial charge is 0.228 e. The molecule has 1 aromatic carbocycles. The Labute approximate surface area is 160 Å². The molecule has 4 rings (SSSR count). The van der Waals surface area contributed by atoms with Gasteiger partial charge in [-0.25, -0.2) is 9.97 Å². The molecule has 27 heavy (non-hydrogen) atoms. The molecular weight excluding hydrogens is 340 g/mol. The molecule has 0 bridgehead atoms. The number of nitrogens with zero attached hydrogens (tertiary/aromatic N) is 3. The summed E-state index contributed by atoms with van der Waals surface area (Å²) < 4.78 is 5.32. The Kier molecular flexibility index (Phi) is 5.07. The van der Waals surface area contributed by atoms with Gasteiger partial charge >= 0.3 is 0 Å². The minimum Gasteiger partial charge on any atom is -0.497 e. The summed E-state index contributed by atoms with van der Waals surface area (Å²) in [7, 11) is 1.65. The van der Waals surface area contributed by atoms with E-state index in [0.29, 0.717) is 18.9 Å². The molecule has 6 nitrogen and oxygen atoms in total. The first-order valence-electron chi connectivity index (χ1n) is 9.67. The third-order valence-corrected chi connectivity index (χ3v) is 5.49. The molecule has 1 atom stereocenters. The zero-order valence-electron chi connectivity index (χ0n) is 16.0. The van der Waals surface area contributed by atoms with E-state index in [-0.39, 0.29) is 5.91 Å². The number of aromatic nitrogens is 2. The Balaban J connectivity index is 1.69. The van der Waals surface area contributed by atoms with E-state index in [0.717, 1.165) is 66.6 Å². The second-order valence-electron chi connectivity index (χ2n) is 7.34. The predicted molar refractivity (Wildman–Crippen MR) is 104 cm³/mol. The van der Waals surface area contributed by atoms with Crippen molar-refractivity contribution in [3.05, 3.63) is 46.9 Å². The zero-order chi connectivity index (χ0) is 18.8. The van der Waals surface area contributed by atoms with Gasteiger partial charge in [-0.3, -0.25) is 9.69 Å². The summed E-state index contributed by atoms with van der Waals surface area (Å²) in [6.07, 6.45) is 3.45. The number of methoxy groups -OCH3 is 1. The van der Waals surface area contributed by atoms with E-state index in [1.807, 2.05) is 36.1 Å². The Bertz CT molecular complexity index is 846. The van der Waals surface area contributed by atoms with Crippen molar-refractivity contribution in [3.8, 4) is 5.75 Å². The van der Waals surface area contributed by atoms with Crippen molar-refractivity contribution in [1.82, 2.24) is 15.3 Å². The topological polar surface area (TPSA) is 67.3 Å². The molecule has 1 N–H and O–H groups in total. The van der Waals surface area contributed by atoms with Crippen LogP contribution in [0.25, 0.3) is 0 Å². The summed E-state index contributed by atoms with van der Waals surface area (Å²) in [4.78, 5) is 24.2. The van der Waals surface area contributed by atoms with Crippen molar-refractivity contribution in [2.75, 3.05) is 25.1 Å². The number of amides is 1. The Hall–Kier alpha value is -2.47. The number of piperidine rings is 1. The molecule has 142 valence electrons. The summed E-state index contributed by atoms with van der Waals surface area (Å²) in [5, 5.41) is 3.43. The summed E-state index contributed by atoms with van der Waals surface area (Å²) in [6.45, 7) is 4.50. The van der Waals surface area contributed by atoms with Crippen molar-refractivity contribution >= 4 is 11.7 Å². The van der Waals surface area contributed by atoms with Crippen molar-refractivity contribution in [2.45, 2.75) is 45.1 Å². The van der Waals surface area contributed by atoms with Gasteiger partial charge in [-0.15, -0.1) is 0 Å². The number of hydrogen-bond acceptors (Lipinski definition) is 5. The second kappa shape index (κ2) is 7.64. The molecule has 0 radical (unpaired) electrons. The van der Waals surface area contributed by atoms with Gasteiger partial charge < -0.3 is 10.1 Å². The molecular formula is C21H26N4O2. The van der Waals surface area contributed by atoms with Crippen molar-refractivity contribution in [1.29, 1.82) is 0 Å². The lowest BCUT2D eigenvalue weighted by molar-refractivity contribution is -0.119. The van der Waals surface area contributed by atoms with Gasteiger partial charge in [0, 0.05) is 30.1 Å². The van der Waals surface area contributed by atoms with Crippen LogP contribution in [0.15, 0.2) is 24.3 Å². The molecule has 1 amide bonds. The predicted octanol–water partition coefficient (Wildman–Crippen LogP) is 2.74. The highest BCUT2D eigenvalue weighted by Gasteiger charge is 2.30. The average molecular weight is 366 g/mol. The minimum absolute atomic E-state index is 0.121. The highest BCUT2D eigenvalue weighted by molar-refractivity contribution is 5.95. The van der Waals surface area contributed by atoms with E-state index in [9.17, 15) is 4.79 Å². The summed E-state index contributed by atoms with van der Waals surface area (Å²) in [5.74, 6) is 2.89. The fourth-order valence-corrected chi connectivity index (χ4v) is 3.97. The summed E-state index contributed by atoms with van der Waals surface area (Å²) in [5.41, 5.74) is 3.14. The van der Waals surface area contributed by atoms with E-state index in [4.69, 9.17) is 14.7 Å². The number of ether oxygens (including phenoxy) is 1. The van der Waals surface area contributed by atoms with Gasteiger partial charge in [-0.1, -0.05) is 12.1 Å². The van der Waals surface area contributed by atoms with Crippen molar-refractivity contribution < 1.29 is 9.53 Å². The standard InChI is InChI=1S/C21H26N4O2/c1-14-18-8-9-19(26)25(13-15-5-3-7-17(11-15)27-2)21(18)24-20(23-14)16-6-4-10-22-12-16/h3,5,7,11,16,22H,4,6,8-10,12-13H2,1-2H3. The number of carbonyl (C=O) groups is 1. The maximum atomic E-state index is 12.7. The Morgan fingerprint density at radius 1 is 1.30 bits per heavy atom. The Morgan fingerprint density at radius 3 is 2.96 bits per heavy atom. The molecule has 0 aliphatic carbocycles. The normalized spacial score (nSPS) is 19.7. The van der Waals surface area contributed by atoms with E-state index in [2.05, 4.69) is 5.32 Å². The quantitative estimate of drug-likeness (QED) is 0.901. The molecule has 2 aliphatic heterocycles.